The Kier molecular flexibility index (Phi) is 6.52. The minimum absolute atomic E-state index is 0.0527. The Morgan fingerprint density at radius 3 is 2.30 bits per heavy atom. The van der Waals surface area contributed by atoms with Crippen LogP contribution >= 0.6 is 0 Å². The van der Waals surface area contributed by atoms with Crippen molar-refractivity contribution in [3.63, 3.8) is 0 Å². The van der Waals surface area contributed by atoms with Gasteiger partial charge in [0, 0.05) is 23.9 Å². The number of rotatable bonds is 5. The van der Waals surface area contributed by atoms with Crippen LogP contribution in [0.2, 0.25) is 0 Å². The molecule has 12 heteroatoms. The van der Waals surface area contributed by atoms with Gasteiger partial charge in [-0.3, -0.25) is 20.2 Å². The largest absolute Gasteiger partial charge is 0.351 e. The van der Waals surface area contributed by atoms with Gasteiger partial charge >= 0.3 is 23.6 Å². The quantitative estimate of drug-likeness (QED) is 0.223. The van der Waals surface area contributed by atoms with E-state index in [2.05, 4.69) is 15.6 Å². The molecule has 12 nitrogen and oxygen atoms in total. The van der Waals surface area contributed by atoms with Gasteiger partial charge in [0.05, 0.1) is 23.4 Å². The van der Waals surface area contributed by atoms with E-state index in [0.29, 0.717) is 22.9 Å². The van der Waals surface area contributed by atoms with Crippen molar-refractivity contribution in [3.8, 4) is 5.69 Å². The second kappa shape index (κ2) is 9.74. The standard InChI is InChI=1S/C28H29N7O5/c1-27(2,3)21-15-23(31-26(38)30-22-14-11-18-7-5-6-8-20(18)29-22)35(32-21)19-12-9-17(10-13-19)16-34-25(37)28(39,40)24(36)33(34)4/h5-15,39-40H,16H2,1-4H3,(H2,29,30,31,38). The molecule has 5 rings (SSSR count). The van der Waals surface area contributed by atoms with Crippen LogP contribution in [0.4, 0.5) is 16.4 Å². The van der Waals surface area contributed by atoms with E-state index in [-0.39, 0.29) is 12.0 Å². The molecule has 1 fully saturated rings. The van der Waals surface area contributed by atoms with Crippen LogP contribution in [0.25, 0.3) is 16.6 Å². The van der Waals surface area contributed by atoms with Crippen LogP contribution in [0.15, 0.2) is 66.7 Å². The van der Waals surface area contributed by atoms with Gasteiger partial charge in [-0.1, -0.05) is 51.1 Å². The number of likely N-dealkylation sites (N-methyl/N-ethyl adjacent to an activating group) is 1. The van der Waals surface area contributed by atoms with Crippen molar-refractivity contribution in [2.24, 2.45) is 0 Å². The first-order valence-corrected chi connectivity index (χ1v) is 12.5. The highest BCUT2D eigenvalue weighted by molar-refractivity contribution is 6.10. The van der Waals surface area contributed by atoms with Crippen LogP contribution < -0.4 is 10.6 Å². The first-order valence-electron chi connectivity index (χ1n) is 12.5. The number of hydrogen-bond donors (Lipinski definition) is 4. The number of carbonyl (C=O) groups is 3. The number of nitrogens with one attached hydrogen (secondary N) is 2. The van der Waals surface area contributed by atoms with E-state index in [1.54, 1.807) is 41.1 Å². The summed E-state index contributed by atoms with van der Waals surface area (Å²) in [6.45, 7) is 5.99. The molecule has 2 aromatic carbocycles. The second-order valence-corrected chi connectivity index (χ2v) is 10.6. The van der Waals surface area contributed by atoms with Gasteiger partial charge in [-0.05, 0) is 35.9 Å². The van der Waals surface area contributed by atoms with E-state index in [9.17, 15) is 24.6 Å². The fourth-order valence-corrected chi connectivity index (χ4v) is 4.27. The van der Waals surface area contributed by atoms with Crippen LogP contribution in [-0.4, -0.2) is 65.7 Å². The summed E-state index contributed by atoms with van der Waals surface area (Å²) in [5.41, 5.74) is 2.48. The Morgan fingerprint density at radius 1 is 0.950 bits per heavy atom. The van der Waals surface area contributed by atoms with Crippen LogP contribution in [0, 0.1) is 0 Å². The number of fused-ring (bicyclic) bond motifs is 1. The third-order valence-electron chi connectivity index (χ3n) is 6.56. The average Bonchev–Trinajstić information content (AvgIpc) is 3.39. The number of urea groups is 1. The molecule has 2 aromatic heterocycles. The maximum Gasteiger partial charge on any atom is 0.330 e. The van der Waals surface area contributed by atoms with Crippen LogP contribution in [0.5, 0.6) is 0 Å². The molecule has 1 aliphatic rings. The van der Waals surface area contributed by atoms with Gasteiger partial charge < -0.3 is 10.2 Å². The van der Waals surface area contributed by atoms with Gasteiger partial charge in [0.2, 0.25) is 0 Å². The van der Waals surface area contributed by atoms with Gasteiger partial charge in [-0.2, -0.15) is 5.10 Å². The first-order chi connectivity index (χ1) is 18.8. The molecule has 0 unspecified atom stereocenters. The van der Waals surface area contributed by atoms with E-state index in [1.165, 1.54) is 7.05 Å². The molecule has 3 heterocycles. The third-order valence-corrected chi connectivity index (χ3v) is 6.56. The lowest BCUT2D eigenvalue weighted by molar-refractivity contribution is -0.186. The predicted octanol–water partition coefficient (Wildman–Crippen LogP) is 2.76. The molecule has 0 saturated carbocycles. The molecule has 0 atom stereocenters. The van der Waals surface area contributed by atoms with E-state index >= 15 is 0 Å². The van der Waals surface area contributed by atoms with Crippen molar-refractivity contribution in [1.29, 1.82) is 0 Å². The highest BCUT2D eigenvalue weighted by atomic mass is 16.5. The molecule has 4 N–H and O–H groups in total. The summed E-state index contributed by atoms with van der Waals surface area (Å²) >= 11 is 0. The first kappa shape index (κ1) is 26.8. The third kappa shape index (κ3) is 4.97. The lowest BCUT2D eigenvalue weighted by Gasteiger charge is -2.23. The van der Waals surface area contributed by atoms with Crippen molar-refractivity contribution >= 4 is 40.4 Å². The lowest BCUT2D eigenvalue weighted by Crippen LogP contribution is -2.43. The normalized spacial score (nSPS) is 15.2. The Morgan fingerprint density at radius 2 is 1.65 bits per heavy atom. The topological polar surface area (TPSA) is 153 Å². The number of carbonyl (C=O) groups excluding carboxylic acids is 3. The van der Waals surface area contributed by atoms with Crippen LogP contribution in [0.3, 0.4) is 0 Å². The smallest absolute Gasteiger partial charge is 0.330 e. The molecule has 40 heavy (non-hydrogen) atoms. The monoisotopic (exact) mass is 543 g/mol. The maximum atomic E-state index is 12.9. The van der Waals surface area contributed by atoms with Gasteiger partial charge in [0.1, 0.15) is 11.6 Å². The summed E-state index contributed by atoms with van der Waals surface area (Å²) in [6.07, 6.45) is 0. The van der Waals surface area contributed by atoms with E-state index < -0.39 is 23.6 Å². The molecule has 0 aliphatic carbocycles. The number of benzene rings is 2. The lowest BCUT2D eigenvalue weighted by atomic mass is 9.92. The molecule has 1 saturated heterocycles. The van der Waals surface area contributed by atoms with Crippen molar-refractivity contribution in [2.75, 3.05) is 17.7 Å². The molecule has 206 valence electrons. The number of hydrazine groups is 1. The van der Waals surface area contributed by atoms with E-state index in [0.717, 1.165) is 26.6 Å². The Hall–Kier alpha value is -4.81. The second-order valence-electron chi connectivity index (χ2n) is 10.6. The number of para-hydroxylation sites is 1. The van der Waals surface area contributed by atoms with Gasteiger partial charge in [0.15, 0.2) is 0 Å². The van der Waals surface area contributed by atoms with Gasteiger partial charge in [0.25, 0.3) is 0 Å². The van der Waals surface area contributed by atoms with E-state index in [1.807, 2.05) is 51.1 Å². The maximum absolute atomic E-state index is 12.9. The zero-order chi connectivity index (χ0) is 28.8. The predicted molar refractivity (Wildman–Crippen MR) is 147 cm³/mol. The zero-order valence-electron chi connectivity index (χ0n) is 22.4. The number of nitrogens with zero attached hydrogens (tertiary/aromatic N) is 5. The summed E-state index contributed by atoms with van der Waals surface area (Å²) in [5, 5.41) is 32.7. The summed E-state index contributed by atoms with van der Waals surface area (Å²) in [4.78, 5) is 41.7. The number of aliphatic hydroxyl groups is 2. The van der Waals surface area contributed by atoms with Gasteiger partial charge in [-0.15, -0.1) is 0 Å². The summed E-state index contributed by atoms with van der Waals surface area (Å²) in [5.74, 6) is -4.48. The SMILES string of the molecule is CN1C(=O)C(O)(O)C(=O)N1Cc1ccc(-n2nc(C(C)(C)C)cc2NC(=O)Nc2ccc3ccccc3n2)cc1. The molecule has 0 bridgehead atoms. The highest BCUT2D eigenvalue weighted by Gasteiger charge is 2.55. The molecule has 0 spiro atoms. The van der Waals surface area contributed by atoms with E-state index in [4.69, 9.17) is 5.10 Å². The molecular formula is C28H29N7O5. The molecule has 0 radical (unpaired) electrons. The Bertz CT molecular complexity index is 1620. The highest BCUT2D eigenvalue weighted by Crippen LogP contribution is 2.28. The Labute approximate surface area is 229 Å². The van der Waals surface area contributed by atoms with Crippen LogP contribution in [-0.2, 0) is 21.5 Å². The molecule has 4 aromatic rings. The number of pyridine rings is 1. The van der Waals surface area contributed by atoms with Crippen molar-refractivity contribution in [3.05, 3.63) is 78.0 Å². The minimum atomic E-state index is -3.07. The van der Waals surface area contributed by atoms with Crippen molar-refractivity contribution in [1.82, 2.24) is 24.8 Å². The summed E-state index contributed by atoms with van der Waals surface area (Å²) in [7, 11) is 1.29. The fourth-order valence-electron chi connectivity index (χ4n) is 4.27. The fraction of sp³-hybridized carbons (Fsp3) is 0.250. The number of amides is 4. The average molecular weight is 544 g/mol. The Balaban J connectivity index is 1.37. The number of anilines is 2. The van der Waals surface area contributed by atoms with Crippen molar-refractivity contribution < 1.29 is 24.6 Å². The summed E-state index contributed by atoms with van der Waals surface area (Å²) < 4.78 is 1.60. The summed E-state index contributed by atoms with van der Waals surface area (Å²) in [6, 6.07) is 19.5. The zero-order valence-corrected chi connectivity index (χ0v) is 22.4. The van der Waals surface area contributed by atoms with Crippen LogP contribution in [0.1, 0.15) is 32.0 Å². The number of hydrogen-bond acceptors (Lipinski definition) is 7. The number of aromatic nitrogens is 3. The molecular weight excluding hydrogens is 514 g/mol. The molecule has 1 aliphatic heterocycles. The molecule has 4 amide bonds. The minimum Gasteiger partial charge on any atom is -0.351 e. The van der Waals surface area contributed by atoms with Gasteiger partial charge in [-0.25, -0.2) is 24.5 Å². The van der Waals surface area contributed by atoms with Crippen molar-refractivity contribution in [2.45, 2.75) is 38.5 Å².